The minimum absolute atomic E-state index is 0.0602. The standard InChI is InChI=1S/C4H4N2O2S/c5-2-1-3(7)6(9)4(2)8/h1,9H,5H2. The Kier molecular flexibility index (Phi) is 1.21. The van der Waals surface area contributed by atoms with Gasteiger partial charge in [-0.05, 0) is 0 Å². The number of thiol groups is 1. The molecule has 0 bridgehead atoms. The smallest absolute Gasteiger partial charge is 0.286 e. The quantitative estimate of drug-likeness (QED) is 0.340. The molecule has 5 heteroatoms. The molecule has 0 aromatic heterocycles. The molecule has 0 aliphatic carbocycles. The average Bonchev–Trinajstić information content (AvgIpc) is 1.98. The van der Waals surface area contributed by atoms with Crippen molar-refractivity contribution < 1.29 is 9.59 Å². The molecule has 48 valence electrons. The van der Waals surface area contributed by atoms with E-state index in [1.807, 2.05) is 0 Å². The van der Waals surface area contributed by atoms with Gasteiger partial charge in [-0.2, -0.15) is 0 Å². The fourth-order valence-electron chi connectivity index (χ4n) is 0.478. The zero-order valence-electron chi connectivity index (χ0n) is 4.37. The fourth-order valence-corrected chi connectivity index (χ4v) is 0.651. The maximum absolute atomic E-state index is 10.6. The second-order valence-electron chi connectivity index (χ2n) is 1.55. The van der Waals surface area contributed by atoms with Crippen molar-refractivity contribution in [1.82, 2.24) is 4.31 Å². The van der Waals surface area contributed by atoms with Crippen LogP contribution < -0.4 is 5.73 Å². The van der Waals surface area contributed by atoms with E-state index in [1.54, 1.807) is 0 Å². The molecule has 0 saturated heterocycles. The van der Waals surface area contributed by atoms with Gasteiger partial charge in [-0.25, -0.2) is 4.31 Å². The predicted octanol–water partition coefficient (Wildman–Crippen LogP) is -0.957. The van der Waals surface area contributed by atoms with E-state index in [2.05, 4.69) is 12.8 Å². The van der Waals surface area contributed by atoms with Gasteiger partial charge in [0.25, 0.3) is 11.8 Å². The van der Waals surface area contributed by atoms with Gasteiger partial charge < -0.3 is 5.73 Å². The zero-order valence-corrected chi connectivity index (χ0v) is 5.26. The highest BCUT2D eigenvalue weighted by Crippen LogP contribution is 2.08. The molecule has 0 spiro atoms. The van der Waals surface area contributed by atoms with Gasteiger partial charge in [0.15, 0.2) is 0 Å². The second kappa shape index (κ2) is 1.77. The Labute approximate surface area is 56.9 Å². The SMILES string of the molecule is NC1=CC(=O)N(S)C1=O. The molecule has 0 aromatic carbocycles. The number of rotatable bonds is 0. The monoisotopic (exact) mass is 144 g/mol. The topological polar surface area (TPSA) is 63.4 Å². The van der Waals surface area contributed by atoms with E-state index in [9.17, 15) is 9.59 Å². The van der Waals surface area contributed by atoms with Crippen molar-refractivity contribution in [3.8, 4) is 0 Å². The molecule has 1 aliphatic rings. The van der Waals surface area contributed by atoms with Crippen LogP contribution in [-0.2, 0) is 9.59 Å². The Balaban J connectivity index is 2.95. The fraction of sp³-hybridized carbons (Fsp3) is 0. The lowest BCUT2D eigenvalue weighted by molar-refractivity contribution is -0.130. The number of hydrogen-bond acceptors (Lipinski definition) is 4. The first kappa shape index (κ1) is 6.15. The van der Waals surface area contributed by atoms with Crippen LogP contribution in [0.15, 0.2) is 11.8 Å². The summed E-state index contributed by atoms with van der Waals surface area (Å²) >= 11 is 3.54. The lowest BCUT2D eigenvalue weighted by Crippen LogP contribution is -2.22. The molecule has 1 rings (SSSR count). The number of carbonyl (C=O) groups excluding carboxylic acids is 2. The van der Waals surface area contributed by atoms with Gasteiger partial charge in [0, 0.05) is 6.08 Å². The maximum atomic E-state index is 10.6. The van der Waals surface area contributed by atoms with E-state index < -0.39 is 11.8 Å². The lowest BCUT2D eigenvalue weighted by Gasteiger charge is -2.00. The zero-order chi connectivity index (χ0) is 7.02. The average molecular weight is 144 g/mol. The molecule has 4 nitrogen and oxygen atoms in total. The number of nitrogens with zero attached hydrogens (tertiary/aromatic N) is 1. The Morgan fingerprint density at radius 1 is 1.56 bits per heavy atom. The van der Waals surface area contributed by atoms with Crippen molar-refractivity contribution in [2.24, 2.45) is 5.73 Å². The van der Waals surface area contributed by atoms with E-state index in [4.69, 9.17) is 5.73 Å². The molecule has 9 heavy (non-hydrogen) atoms. The van der Waals surface area contributed by atoms with Crippen LogP contribution in [0, 0.1) is 0 Å². The Hall–Kier alpha value is -0.970. The Morgan fingerprint density at radius 2 is 2.11 bits per heavy atom. The highest BCUT2D eigenvalue weighted by Gasteiger charge is 2.25. The molecule has 0 aromatic rings. The summed E-state index contributed by atoms with van der Waals surface area (Å²) in [5, 5.41) is 0. The van der Waals surface area contributed by atoms with Crippen LogP contribution in [0.2, 0.25) is 0 Å². The molecule has 1 aliphatic heterocycles. The number of amides is 2. The first-order chi connectivity index (χ1) is 4.13. The molecular weight excluding hydrogens is 140 g/mol. The number of carbonyl (C=O) groups is 2. The number of imide groups is 1. The van der Waals surface area contributed by atoms with E-state index in [-0.39, 0.29) is 5.70 Å². The lowest BCUT2D eigenvalue weighted by atomic mass is 10.5. The summed E-state index contributed by atoms with van der Waals surface area (Å²) in [6.07, 6.45) is 1.04. The van der Waals surface area contributed by atoms with Gasteiger partial charge in [0.1, 0.15) is 5.70 Å². The predicted molar refractivity (Wildman–Crippen MR) is 33.1 cm³/mol. The van der Waals surface area contributed by atoms with Crippen molar-refractivity contribution >= 4 is 24.6 Å². The minimum Gasteiger partial charge on any atom is -0.394 e. The van der Waals surface area contributed by atoms with Crippen LogP contribution in [0.5, 0.6) is 0 Å². The van der Waals surface area contributed by atoms with Crippen LogP contribution in [0.25, 0.3) is 0 Å². The normalized spacial score (nSPS) is 18.8. The van der Waals surface area contributed by atoms with Gasteiger partial charge in [-0.3, -0.25) is 9.59 Å². The van der Waals surface area contributed by atoms with Crippen molar-refractivity contribution in [3.05, 3.63) is 11.8 Å². The van der Waals surface area contributed by atoms with Gasteiger partial charge in [0.05, 0.1) is 0 Å². The third kappa shape index (κ3) is 0.787. The summed E-state index contributed by atoms with van der Waals surface area (Å²) in [4.78, 5) is 21.0. The number of hydrogen-bond donors (Lipinski definition) is 2. The van der Waals surface area contributed by atoms with Crippen LogP contribution in [0.1, 0.15) is 0 Å². The molecule has 0 unspecified atom stereocenters. The summed E-state index contributed by atoms with van der Waals surface area (Å²) in [5.74, 6) is -1.04. The van der Waals surface area contributed by atoms with Crippen LogP contribution in [-0.4, -0.2) is 16.1 Å². The van der Waals surface area contributed by atoms with Gasteiger partial charge in [-0.15, -0.1) is 0 Å². The number of nitrogens with two attached hydrogens (primary N) is 1. The highest BCUT2D eigenvalue weighted by atomic mass is 32.1. The summed E-state index contributed by atoms with van der Waals surface area (Å²) in [6.45, 7) is 0. The van der Waals surface area contributed by atoms with E-state index in [0.717, 1.165) is 6.08 Å². The largest absolute Gasteiger partial charge is 0.394 e. The molecule has 2 N–H and O–H groups in total. The molecule has 0 radical (unpaired) electrons. The van der Waals surface area contributed by atoms with E-state index in [1.165, 1.54) is 0 Å². The van der Waals surface area contributed by atoms with Crippen LogP contribution in [0.3, 0.4) is 0 Å². The highest BCUT2D eigenvalue weighted by molar-refractivity contribution is 7.79. The van der Waals surface area contributed by atoms with Gasteiger partial charge >= 0.3 is 0 Å². The van der Waals surface area contributed by atoms with Crippen molar-refractivity contribution in [2.45, 2.75) is 0 Å². The minimum atomic E-state index is -0.552. The van der Waals surface area contributed by atoms with Crippen molar-refractivity contribution in [1.29, 1.82) is 0 Å². The van der Waals surface area contributed by atoms with Crippen molar-refractivity contribution in [3.63, 3.8) is 0 Å². The first-order valence-corrected chi connectivity index (χ1v) is 2.57. The van der Waals surface area contributed by atoms with Gasteiger partial charge in [0.2, 0.25) is 0 Å². The molecule has 1 heterocycles. The maximum Gasteiger partial charge on any atom is 0.286 e. The third-order valence-corrected chi connectivity index (χ3v) is 1.31. The summed E-state index contributed by atoms with van der Waals surface area (Å²) in [5.41, 5.74) is 5.00. The second-order valence-corrected chi connectivity index (χ2v) is 1.95. The van der Waals surface area contributed by atoms with E-state index >= 15 is 0 Å². The molecular formula is C4H4N2O2S. The Bertz CT molecular complexity index is 211. The Morgan fingerprint density at radius 3 is 2.22 bits per heavy atom. The molecule has 0 atom stereocenters. The molecule has 0 saturated carbocycles. The van der Waals surface area contributed by atoms with E-state index in [0.29, 0.717) is 4.31 Å². The molecule has 0 fully saturated rings. The summed E-state index contributed by atoms with van der Waals surface area (Å²) in [7, 11) is 0. The van der Waals surface area contributed by atoms with Gasteiger partial charge in [-0.1, -0.05) is 12.8 Å². The summed E-state index contributed by atoms with van der Waals surface area (Å²) in [6, 6.07) is 0. The summed E-state index contributed by atoms with van der Waals surface area (Å²) < 4.78 is 0.662. The van der Waals surface area contributed by atoms with Crippen LogP contribution in [0.4, 0.5) is 0 Å². The third-order valence-electron chi connectivity index (χ3n) is 0.927. The van der Waals surface area contributed by atoms with Crippen molar-refractivity contribution in [2.75, 3.05) is 0 Å². The van der Waals surface area contributed by atoms with Crippen LogP contribution >= 0.6 is 12.8 Å². The molecule has 2 amide bonds. The first-order valence-electron chi connectivity index (χ1n) is 2.17.